The molecule has 5 aromatic rings. The molecule has 176 valence electrons. The molecule has 2 N–H and O–H groups in total. The number of hydrogen-bond acceptors (Lipinski definition) is 3. The van der Waals surface area contributed by atoms with E-state index >= 15 is 0 Å². The molecule has 8 heteroatoms. The summed E-state index contributed by atoms with van der Waals surface area (Å²) in [4.78, 5) is 12.3. The van der Waals surface area contributed by atoms with E-state index in [1.165, 1.54) is 43.6 Å². The minimum Gasteiger partial charge on any atom is -0.372 e. The summed E-state index contributed by atoms with van der Waals surface area (Å²) in [5.41, 5.74) is -2.44. The Kier molecular flexibility index (Phi) is 5.33. The molecule has 1 amide bonds. The number of amides is 1. The number of alkyl halides is 3. The molecule has 0 spiro atoms. The summed E-state index contributed by atoms with van der Waals surface area (Å²) in [5.74, 6) is -0.432. The highest BCUT2D eigenvalue weighted by molar-refractivity contribution is 6.08. The maximum atomic E-state index is 14.6. The highest BCUT2D eigenvalue weighted by atomic mass is 19.4. The molecule has 4 aromatic carbocycles. The Hall–Kier alpha value is -4.17. The first-order chi connectivity index (χ1) is 16.8. The Morgan fingerprint density at radius 2 is 1.60 bits per heavy atom. The van der Waals surface area contributed by atoms with Crippen LogP contribution in [0.15, 0.2) is 91.1 Å². The lowest BCUT2D eigenvalue weighted by Gasteiger charge is -2.33. The predicted octanol–water partition coefficient (Wildman–Crippen LogP) is 5.34. The van der Waals surface area contributed by atoms with Crippen molar-refractivity contribution in [3.05, 3.63) is 108 Å². The molecular formula is C27H20F3N3O2. The number of nitrogens with zero attached hydrogens (tertiary/aromatic N) is 2. The fraction of sp³-hybridized carbons (Fsp3) is 0.111. The van der Waals surface area contributed by atoms with Crippen LogP contribution >= 0.6 is 0 Å². The second kappa shape index (κ2) is 8.25. The standard InChI is InChI=1S/C27H20F3N3O2/c1-31-25(34)22-12-13-23(21-10-6-5-9-20(21)22)26(35,27(28,29)30)18-11-14-24-17(15-18)16-32-33(24)19-7-3-2-4-8-19/h2-16,35H,1H3,(H,31,34). The van der Waals surface area contributed by atoms with Crippen LogP contribution in [0.2, 0.25) is 0 Å². The third-order valence-corrected chi connectivity index (χ3v) is 6.18. The zero-order valence-corrected chi connectivity index (χ0v) is 18.5. The molecular weight excluding hydrogens is 455 g/mol. The van der Waals surface area contributed by atoms with E-state index in [9.17, 15) is 23.1 Å². The number of rotatable bonds is 4. The summed E-state index contributed by atoms with van der Waals surface area (Å²) in [7, 11) is 1.45. The van der Waals surface area contributed by atoms with E-state index in [1.807, 2.05) is 30.3 Å². The number of para-hydroxylation sites is 1. The van der Waals surface area contributed by atoms with Gasteiger partial charge in [0, 0.05) is 23.6 Å². The van der Waals surface area contributed by atoms with Crippen molar-refractivity contribution in [1.29, 1.82) is 0 Å². The Labute approximate surface area is 198 Å². The van der Waals surface area contributed by atoms with Crippen LogP contribution in [-0.2, 0) is 5.60 Å². The molecule has 5 rings (SSSR count). The third-order valence-electron chi connectivity index (χ3n) is 6.18. The number of halogens is 3. The van der Waals surface area contributed by atoms with Gasteiger partial charge in [-0.3, -0.25) is 4.79 Å². The maximum absolute atomic E-state index is 14.6. The third kappa shape index (κ3) is 3.54. The Morgan fingerprint density at radius 1 is 0.914 bits per heavy atom. The quantitative estimate of drug-likeness (QED) is 0.369. The van der Waals surface area contributed by atoms with Gasteiger partial charge in [0.15, 0.2) is 0 Å². The smallest absolute Gasteiger partial charge is 0.372 e. The summed E-state index contributed by atoms with van der Waals surface area (Å²) in [6.07, 6.45) is -3.58. The number of carbonyl (C=O) groups is 1. The zero-order valence-electron chi connectivity index (χ0n) is 18.5. The van der Waals surface area contributed by atoms with E-state index in [0.29, 0.717) is 16.3 Å². The first-order valence-electron chi connectivity index (χ1n) is 10.8. The number of aliphatic hydroxyl groups is 1. The summed E-state index contributed by atoms with van der Waals surface area (Å²) in [5, 5.41) is 19.1. The molecule has 0 saturated carbocycles. The molecule has 1 heterocycles. The van der Waals surface area contributed by atoms with Gasteiger partial charge >= 0.3 is 6.18 Å². The molecule has 0 saturated heterocycles. The summed E-state index contributed by atoms with van der Waals surface area (Å²) < 4.78 is 45.6. The minimum atomic E-state index is -5.05. The van der Waals surface area contributed by atoms with Crippen LogP contribution in [0.5, 0.6) is 0 Å². The number of nitrogens with one attached hydrogen (secondary N) is 1. The van der Waals surface area contributed by atoms with Crippen LogP contribution < -0.4 is 5.32 Å². The number of fused-ring (bicyclic) bond motifs is 2. The van der Waals surface area contributed by atoms with E-state index in [1.54, 1.807) is 22.9 Å². The molecule has 0 bridgehead atoms. The van der Waals surface area contributed by atoms with Crippen molar-refractivity contribution >= 4 is 27.6 Å². The van der Waals surface area contributed by atoms with Gasteiger partial charge in [-0.05, 0) is 46.7 Å². The van der Waals surface area contributed by atoms with Gasteiger partial charge in [0.2, 0.25) is 5.60 Å². The average Bonchev–Trinajstić information content (AvgIpc) is 3.30. The SMILES string of the molecule is CNC(=O)c1ccc(C(O)(c2ccc3c(cnn3-c3ccccc3)c2)C(F)(F)F)c2ccccc12. The van der Waals surface area contributed by atoms with Crippen LogP contribution in [0.3, 0.4) is 0 Å². The first kappa shape index (κ1) is 22.6. The molecule has 1 aromatic heterocycles. The van der Waals surface area contributed by atoms with Gasteiger partial charge in [-0.1, -0.05) is 54.6 Å². The van der Waals surface area contributed by atoms with Crippen molar-refractivity contribution in [2.45, 2.75) is 11.8 Å². The van der Waals surface area contributed by atoms with Crippen LogP contribution in [0, 0.1) is 0 Å². The topological polar surface area (TPSA) is 67.2 Å². The summed E-state index contributed by atoms with van der Waals surface area (Å²) in [6.45, 7) is 0. The molecule has 0 aliphatic heterocycles. The predicted molar refractivity (Wildman–Crippen MR) is 127 cm³/mol. The molecule has 0 aliphatic rings. The molecule has 1 unspecified atom stereocenters. The average molecular weight is 475 g/mol. The molecule has 5 nitrogen and oxygen atoms in total. The van der Waals surface area contributed by atoms with Crippen LogP contribution in [0.4, 0.5) is 13.2 Å². The highest BCUT2D eigenvalue weighted by Gasteiger charge is 2.57. The Morgan fingerprint density at radius 3 is 2.29 bits per heavy atom. The number of carbonyl (C=O) groups excluding carboxylic acids is 1. The summed E-state index contributed by atoms with van der Waals surface area (Å²) >= 11 is 0. The zero-order chi connectivity index (χ0) is 24.8. The minimum absolute atomic E-state index is 0.133. The lowest BCUT2D eigenvalue weighted by atomic mass is 9.81. The molecule has 1 atom stereocenters. The largest absolute Gasteiger partial charge is 0.425 e. The second-order valence-corrected chi connectivity index (χ2v) is 8.16. The van der Waals surface area contributed by atoms with Crippen molar-refractivity contribution in [1.82, 2.24) is 15.1 Å². The monoisotopic (exact) mass is 475 g/mol. The van der Waals surface area contributed by atoms with Gasteiger partial charge in [-0.2, -0.15) is 18.3 Å². The van der Waals surface area contributed by atoms with E-state index < -0.39 is 17.7 Å². The first-order valence-corrected chi connectivity index (χ1v) is 10.8. The van der Waals surface area contributed by atoms with Gasteiger partial charge in [-0.25, -0.2) is 4.68 Å². The fourth-order valence-corrected chi connectivity index (χ4v) is 4.45. The van der Waals surface area contributed by atoms with E-state index in [2.05, 4.69) is 10.4 Å². The van der Waals surface area contributed by atoms with Crippen LogP contribution in [0.25, 0.3) is 27.4 Å². The van der Waals surface area contributed by atoms with Crippen molar-refractivity contribution < 1.29 is 23.1 Å². The van der Waals surface area contributed by atoms with Gasteiger partial charge in [0.1, 0.15) is 0 Å². The maximum Gasteiger partial charge on any atom is 0.425 e. The van der Waals surface area contributed by atoms with Crippen LogP contribution in [0.1, 0.15) is 21.5 Å². The normalized spacial score (nSPS) is 13.6. The second-order valence-electron chi connectivity index (χ2n) is 8.16. The van der Waals surface area contributed by atoms with Crippen molar-refractivity contribution in [2.75, 3.05) is 7.05 Å². The molecule has 35 heavy (non-hydrogen) atoms. The van der Waals surface area contributed by atoms with Gasteiger partial charge in [-0.15, -0.1) is 0 Å². The van der Waals surface area contributed by atoms with E-state index in [4.69, 9.17) is 0 Å². The molecule has 0 aliphatic carbocycles. The highest BCUT2D eigenvalue weighted by Crippen LogP contribution is 2.47. The molecule has 0 fully saturated rings. The van der Waals surface area contributed by atoms with Crippen molar-refractivity contribution in [3.63, 3.8) is 0 Å². The number of benzene rings is 4. The van der Waals surface area contributed by atoms with Gasteiger partial charge < -0.3 is 10.4 Å². The van der Waals surface area contributed by atoms with E-state index in [0.717, 1.165) is 11.8 Å². The number of hydrogen-bond donors (Lipinski definition) is 2. The Balaban J connectivity index is 1.74. The summed E-state index contributed by atoms with van der Waals surface area (Å²) in [6, 6.07) is 22.0. The van der Waals surface area contributed by atoms with Crippen molar-refractivity contribution in [3.8, 4) is 5.69 Å². The fourth-order valence-electron chi connectivity index (χ4n) is 4.45. The number of aromatic nitrogens is 2. The lowest BCUT2D eigenvalue weighted by molar-refractivity contribution is -0.247. The van der Waals surface area contributed by atoms with Gasteiger partial charge in [0.25, 0.3) is 5.91 Å². The van der Waals surface area contributed by atoms with Crippen molar-refractivity contribution in [2.24, 2.45) is 0 Å². The van der Waals surface area contributed by atoms with E-state index in [-0.39, 0.29) is 22.1 Å². The van der Waals surface area contributed by atoms with Crippen LogP contribution in [-0.4, -0.2) is 34.0 Å². The Bertz CT molecular complexity index is 1560. The lowest BCUT2D eigenvalue weighted by Crippen LogP contribution is -2.43. The molecule has 0 radical (unpaired) electrons. The van der Waals surface area contributed by atoms with Gasteiger partial charge in [0.05, 0.1) is 17.4 Å².